The Hall–Kier alpha value is -0.0800. The van der Waals surface area contributed by atoms with E-state index in [0.29, 0.717) is 6.54 Å². The molecule has 0 spiro atoms. The van der Waals surface area contributed by atoms with Gasteiger partial charge in [-0.3, -0.25) is 0 Å². The van der Waals surface area contributed by atoms with Crippen LogP contribution in [0.4, 0.5) is 0 Å². The highest BCUT2D eigenvalue weighted by molar-refractivity contribution is 4.62. The fourth-order valence-electron chi connectivity index (χ4n) is 0.429. The van der Waals surface area contributed by atoms with Crippen LogP contribution in [0.3, 0.4) is 0 Å². The zero-order chi connectivity index (χ0) is 9.41. The third kappa shape index (κ3) is 1.45. The molecule has 1 N–H and O–H groups in total. The van der Waals surface area contributed by atoms with Gasteiger partial charge in [-0.05, 0) is 6.85 Å². The summed E-state index contributed by atoms with van der Waals surface area (Å²) >= 11 is 0. The van der Waals surface area contributed by atoms with Crippen LogP contribution in [0, 0.1) is 0 Å². The molecule has 2 atom stereocenters. The Bertz CT molecular complexity index is 172. The Labute approximate surface area is 50.9 Å². The van der Waals surface area contributed by atoms with Crippen molar-refractivity contribution in [1.29, 1.82) is 0 Å². The molecule has 0 aromatic carbocycles. The summed E-state index contributed by atoms with van der Waals surface area (Å²) in [5.41, 5.74) is 0. The van der Waals surface area contributed by atoms with Crippen LogP contribution >= 0.6 is 0 Å². The predicted octanol–water partition coefficient (Wildman–Crippen LogP) is -0.00530. The summed E-state index contributed by atoms with van der Waals surface area (Å²) in [5, 5.41) is 2.48. The number of hydrogen-bond donors (Lipinski definition) is 1. The van der Waals surface area contributed by atoms with E-state index in [4.69, 9.17) is 11.6 Å². The van der Waals surface area contributed by atoms with E-state index < -0.39 is 19.5 Å². The molecule has 1 fully saturated rings. The third-order valence-electron chi connectivity index (χ3n) is 0.737. The van der Waals surface area contributed by atoms with Crippen LogP contribution < -0.4 is 5.32 Å². The van der Waals surface area contributed by atoms with Gasteiger partial charge >= 0.3 is 0 Å². The Morgan fingerprint density at radius 3 is 3.86 bits per heavy atom. The quantitative estimate of drug-likeness (QED) is 0.469. The van der Waals surface area contributed by atoms with Gasteiger partial charge in [0.25, 0.3) is 0 Å². The van der Waals surface area contributed by atoms with Crippen LogP contribution in [0.2, 0.25) is 0 Å². The highest BCUT2D eigenvalue weighted by atomic mass is 16.5. The Balaban J connectivity index is 2.79. The first-order chi connectivity index (χ1) is 5.38. The smallest absolute Gasteiger partial charge is 0.0617 e. The SMILES string of the molecule is [2H]C1OCCNC1([2H])C([2H])([2H])[2H]. The zero-order valence-electron chi connectivity index (χ0n) is 8.90. The van der Waals surface area contributed by atoms with Gasteiger partial charge in [-0.1, -0.05) is 0 Å². The average Bonchev–Trinajstić information content (AvgIpc) is 1.93. The van der Waals surface area contributed by atoms with Crippen molar-refractivity contribution in [2.24, 2.45) is 0 Å². The lowest BCUT2D eigenvalue weighted by molar-refractivity contribution is 0.0824. The fourth-order valence-corrected chi connectivity index (χ4v) is 0.429. The maximum atomic E-state index is 7.49. The first-order valence-corrected chi connectivity index (χ1v) is 2.17. The maximum Gasteiger partial charge on any atom is 0.0617 e. The number of rotatable bonds is 0. The van der Waals surface area contributed by atoms with Gasteiger partial charge in [0.05, 0.1) is 14.6 Å². The molecule has 2 nitrogen and oxygen atoms in total. The number of ether oxygens (including phenoxy) is 1. The van der Waals surface area contributed by atoms with Crippen LogP contribution in [-0.2, 0) is 4.74 Å². The van der Waals surface area contributed by atoms with Crippen molar-refractivity contribution in [3.63, 3.8) is 0 Å². The summed E-state index contributed by atoms with van der Waals surface area (Å²) in [6, 6.07) is -1.98. The summed E-state index contributed by atoms with van der Waals surface area (Å²) in [4.78, 5) is 0. The molecule has 1 aliphatic heterocycles. The fraction of sp³-hybridized carbons (Fsp3) is 1.00. The molecule has 1 aliphatic rings. The summed E-state index contributed by atoms with van der Waals surface area (Å²) in [7, 11) is 0. The minimum atomic E-state index is -2.53. The average molecular weight is 106 g/mol. The zero-order valence-corrected chi connectivity index (χ0v) is 3.90. The molecule has 7 heavy (non-hydrogen) atoms. The lowest BCUT2D eigenvalue weighted by Gasteiger charge is -2.19. The molecule has 0 amide bonds. The van der Waals surface area contributed by atoms with Gasteiger partial charge < -0.3 is 10.1 Å². The standard InChI is InChI=1S/C5H11NO/c1-5-4-7-3-2-6-5/h5-6H,2-4H2,1H3/i1D3,4D,5D. The molecule has 1 rings (SSSR count). The van der Waals surface area contributed by atoms with Gasteiger partial charge in [-0.2, -0.15) is 0 Å². The van der Waals surface area contributed by atoms with Crippen molar-refractivity contribution < 1.29 is 11.6 Å². The van der Waals surface area contributed by atoms with Crippen LogP contribution in [0.1, 0.15) is 13.7 Å². The van der Waals surface area contributed by atoms with Crippen molar-refractivity contribution in [3.05, 3.63) is 0 Å². The summed E-state index contributed by atoms with van der Waals surface area (Å²) in [5.74, 6) is 0. The lowest BCUT2D eigenvalue weighted by Crippen LogP contribution is -2.38. The van der Waals surface area contributed by atoms with E-state index in [0.717, 1.165) is 0 Å². The first-order valence-electron chi connectivity index (χ1n) is 4.74. The lowest BCUT2D eigenvalue weighted by atomic mass is 10.3. The Morgan fingerprint density at radius 2 is 3.29 bits per heavy atom. The summed E-state index contributed by atoms with van der Waals surface area (Å²) in [6.45, 7) is -3.29. The number of hydrogen-bond acceptors (Lipinski definition) is 2. The van der Waals surface area contributed by atoms with E-state index in [2.05, 4.69) is 5.32 Å². The van der Waals surface area contributed by atoms with Gasteiger partial charge in [-0.15, -0.1) is 0 Å². The molecule has 0 bridgehead atoms. The van der Waals surface area contributed by atoms with E-state index in [9.17, 15) is 0 Å². The monoisotopic (exact) mass is 106 g/mol. The first kappa shape index (κ1) is 1.71. The molecule has 0 radical (unpaired) electrons. The van der Waals surface area contributed by atoms with Crippen LogP contribution in [0.15, 0.2) is 0 Å². The van der Waals surface area contributed by atoms with Crippen LogP contribution in [0.25, 0.3) is 0 Å². The van der Waals surface area contributed by atoms with E-state index in [-0.39, 0.29) is 6.61 Å². The molecule has 0 aliphatic carbocycles. The van der Waals surface area contributed by atoms with Crippen LogP contribution in [-0.4, -0.2) is 25.8 Å². The molecular formula is C5H11NO. The van der Waals surface area contributed by atoms with E-state index in [1.807, 2.05) is 0 Å². The minimum absolute atomic E-state index is 0.283. The number of nitrogens with one attached hydrogen (secondary N) is 1. The molecular weight excluding hydrogens is 90.1 g/mol. The molecule has 1 heterocycles. The maximum absolute atomic E-state index is 7.49. The van der Waals surface area contributed by atoms with E-state index >= 15 is 0 Å². The summed E-state index contributed by atoms with van der Waals surface area (Å²) < 4.78 is 40.6. The van der Waals surface area contributed by atoms with Crippen molar-refractivity contribution in [2.75, 3.05) is 19.7 Å². The molecule has 2 heteroatoms. The summed E-state index contributed by atoms with van der Waals surface area (Å²) in [6.07, 6.45) is 0. The van der Waals surface area contributed by atoms with Crippen molar-refractivity contribution in [2.45, 2.75) is 12.9 Å². The van der Waals surface area contributed by atoms with E-state index in [1.165, 1.54) is 0 Å². The second-order valence-electron chi connectivity index (χ2n) is 1.33. The van der Waals surface area contributed by atoms with E-state index in [1.54, 1.807) is 0 Å². The molecule has 0 aromatic heterocycles. The normalized spacial score (nSPS) is 66.3. The van der Waals surface area contributed by atoms with Crippen molar-refractivity contribution >= 4 is 0 Å². The second-order valence-corrected chi connectivity index (χ2v) is 1.33. The van der Waals surface area contributed by atoms with Gasteiger partial charge in [-0.25, -0.2) is 0 Å². The van der Waals surface area contributed by atoms with Crippen molar-refractivity contribution in [3.8, 4) is 0 Å². The van der Waals surface area contributed by atoms with Crippen LogP contribution in [0.5, 0.6) is 0 Å². The largest absolute Gasteiger partial charge is 0.379 e. The number of morpholine rings is 1. The van der Waals surface area contributed by atoms with Gasteiger partial charge in [0.1, 0.15) is 0 Å². The molecule has 1 saturated heterocycles. The van der Waals surface area contributed by atoms with Gasteiger partial charge in [0.2, 0.25) is 0 Å². The minimum Gasteiger partial charge on any atom is -0.379 e. The molecule has 2 unspecified atom stereocenters. The molecule has 42 valence electrons. The predicted molar refractivity (Wildman–Crippen MR) is 28.3 cm³/mol. The topological polar surface area (TPSA) is 21.3 Å². The van der Waals surface area contributed by atoms with Gasteiger partial charge in [0.15, 0.2) is 0 Å². The second kappa shape index (κ2) is 2.28. The van der Waals surface area contributed by atoms with Gasteiger partial charge in [0, 0.05) is 18.0 Å². The Morgan fingerprint density at radius 1 is 2.29 bits per heavy atom. The Kier molecular flexibility index (Phi) is 0.557. The molecule has 0 aromatic rings. The molecule has 0 saturated carbocycles. The highest BCUT2D eigenvalue weighted by Crippen LogP contribution is 1.88. The third-order valence-corrected chi connectivity index (χ3v) is 0.737. The van der Waals surface area contributed by atoms with Crippen molar-refractivity contribution in [1.82, 2.24) is 5.32 Å². The highest BCUT2D eigenvalue weighted by Gasteiger charge is 2.04.